The van der Waals surface area contributed by atoms with Crippen molar-refractivity contribution in [2.24, 2.45) is 5.41 Å². The highest BCUT2D eigenvalue weighted by atomic mass is 32.2. The van der Waals surface area contributed by atoms with Crippen molar-refractivity contribution in [3.8, 4) is 0 Å². The molecule has 0 radical (unpaired) electrons. The maximum Gasteiger partial charge on any atom is 0.263 e. The first-order chi connectivity index (χ1) is 20.5. The second kappa shape index (κ2) is 12.8. The molecular formula is C35H38N2O3S3. The first-order valence-electron chi connectivity index (χ1n) is 14.6. The molecule has 2 aliphatic rings. The van der Waals surface area contributed by atoms with Gasteiger partial charge >= 0.3 is 0 Å². The predicted molar refractivity (Wildman–Crippen MR) is 179 cm³/mol. The highest BCUT2D eigenvalue weighted by Gasteiger charge is 2.29. The number of nitrogens with zero attached hydrogens (tertiary/aromatic N) is 2. The van der Waals surface area contributed by atoms with Gasteiger partial charge in [0.15, 0.2) is 0 Å². The number of hydrogen-bond donors (Lipinski definition) is 0. The van der Waals surface area contributed by atoms with Crippen LogP contribution < -0.4 is 9.47 Å². The van der Waals surface area contributed by atoms with E-state index in [9.17, 15) is 13.0 Å². The van der Waals surface area contributed by atoms with E-state index in [2.05, 4.69) is 104 Å². The lowest BCUT2D eigenvalue weighted by Crippen LogP contribution is -2.33. The fraction of sp³-hybridized carbons (Fsp3) is 0.286. The van der Waals surface area contributed by atoms with Crippen molar-refractivity contribution >= 4 is 55.2 Å². The van der Waals surface area contributed by atoms with Crippen LogP contribution in [-0.2, 0) is 16.7 Å². The molecule has 224 valence electrons. The molecule has 6 rings (SSSR count). The molecule has 5 nitrogen and oxygen atoms in total. The Kier molecular flexibility index (Phi) is 9.32. The lowest BCUT2D eigenvalue weighted by molar-refractivity contribution is -0.665. The average Bonchev–Trinajstić information content (AvgIpc) is 3.48. The van der Waals surface area contributed by atoms with Gasteiger partial charge in [-0.05, 0) is 86.6 Å². The van der Waals surface area contributed by atoms with Crippen LogP contribution in [0.2, 0.25) is 0 Å². The molecule has 0 atom stereocenters. The molecule has 1 aliphatic carbocycles. The Hall–Kier alpha value is -3.17. The number of hydrogen-bond acceptors (Lipinski definition) is 6. The van der Waals surface area contributed by atoms with E-state index in [1.165, 1.54) is 54.1 Å². The number of thiazole rings is 1. The van der Waals surface area contributed by atoms with Crippen molar-refractivity contribution in [2.75, 3.05) is 11.4 Å². The molecule has 0 saturated carbocycles. The van der Waals surface area contributed by atoms with Crippen molar-refractivity contribution in [3.63, 3.8) is 0 Å². The normalized spacial score (nSPS) is 18.0. The number of para-hydroxylation sites is 2. The average molecular weight is 631 g/mol. The first-order valence-corrected chi connectivity index (χ1v) is 17.6. The number of fused-ring (bicyclic) bond motifs is 2. The van der Waals surface area contributed by atoms with Crippen LogP contribution in [0.1, 0.15) is 51.1 Å². The Morgan fingerprint density at radius 1 is 0.953 bits per heavy atom. The van der Waals surface area contributed by atoms with Gasteiger partial charge < -0.3 is 9.45 Å². The highest BCUT2D eigenvalue weighted by molar-refractivity contribution is 8.03. The van der Waals surface area contributed by atoms with Crippen LogP contribution in [-0.4, -0.2) is 19.5 Å². The number of benzene rings is 3. The van der Waals surface area contributed by atoms with Crippen molar-refractivity contribution < 1.29 is 17.5 Å². The zero-order valence-electron chi connectivity index (χ0n) is 25.3. The molecule has 0 bridgehead atoms. The summed E-state index contributed by atoms with van der Waals surface area (Å²) < 4.78 is 35.0. The lowest BCUT2D eigenvalue weighted by atomic mass is 9.75. The third-order valence-electron chi connectivity index (χ3n) is 7.57. The largest absolute Gasteiger partial charge is 0.744 e. The van der Waals surface area contributed by atoms with Gasteiger partial charge in [0.05, 0.1) is 15.6 Å². The van der Waals surface area contributed by atoms with Gasteiger partial charge in [-0.15, -0.1) is 0 Å². The van der Waals surface area contributed by atoms with Gasteiger partial charge in [-0.3, -0.25) is 0 Å². The molecule has 1 aliphatic heterocycles. The van der Waals surface area contributed by atoms with E-state index in [4.69, 9.17) is 0 Å². The fourth-order valence-corrected chi connectivity index (χ4v) is 8.56. The van der Waals surface area contributed by atoms with Gasteiger partial charge in [-0.1, -0.05) is 85.0 Å². The Labute approximate surface area is 264 Å². The summed E-state index contributed by atoms with van der Waals surface area (Å²) >= 11 is 3.80. The zero-order valence-corrected chi connectivity index (χ0v) is 27.8. The summed E-state index contributed by atoms with van der Waals surface area (Å²) in [5.41, 5.74) is 6.74. The molecule has 0 N–H and O–H groups in total. The summed E-state index contributed by atoms with van der Waals surface area (Å²) in [7, 11) is -4.27. The van der Waals surface area contributed by atoms with E-state index in [1.807, 2.05) is 30.0 Å². The molecule has 0 amide bonds. The minimum atomic E-state index is -4.27. The number of aryl methyl sites for hydroxylation is 2. The smallest absolute Gasteiger partial charge is 0.263 e. The summed E-state index contributed by atoms with van der Waals surface area (Å²) in [6.45, 7) is 13.1. The highest BCUT2D eigenvalue weighted by Crippen LogP contribution is 2.47. The minimum Gasteiger partial charge on any atom is -0.744 e. The van der Waals surface area contributed by atoms with Crippen LogP contribution in [0.5, 0.6) is 0 Å². The number of anilines is 1. The molecular weight excluding hydrogens is 593 g/mol. The SMILES string of the molecule is CCN1C(=CC2=CC(=Cc3sc4ccccc4[n+]3CC)CC(C)(C)C2)Sc2ccccc21.Cc1ccc(S(=O)(=O)[O-])cc1. The predicted octanol–water partition coefficient (Wildman–Crippen LogP) is 8.71. The zero-order chi connectivity index (χ0) is 30.8. The summed E-state index contributed by atoms with van der Waals surface area (Å²) in [5.74, 6) is 0. The quantitative estimate of drug-likeness (QED) is 0.163. The van der Waals surface area contributed by atoms with Crippen LogP contribution in [0.3, 0.4) is 0 Å². The number of aromatic nitrogens is 1. The van der Waals surface area contributed by atoms with Crippen molar-refractivity contribution in [1.82, 2.24) is 0 Å². The molecule has 0 fully saturated rings. The maximum atomic E-state index is 10.4. The molecule has 43 heavy (non-hydrogen) atoms. The van der Waals surface area contributed by atoms with Crippen molar-refractivity contribution in [3.05, 3.63) is 112 Å². The molecule has 2 heterocycles. The minimum absolute atomic E-state index is 0.178. The number of allylic oxidation sites excluding steroid dienone is 4. The molecule has 0 unspecified atom stereocenters. The van der Waals surface area contributed by atoms with E-state index < -0.39 is 10.1 Å². The Balaban J connectivity index is 0.000000283. The maximum absolute atomic E-state index is 10.4. The molecule has 3 aromatic carbocycles. The molecule has 1 aromatic heterocycles. The van der Waals surface area contributed by atoms with Crippen LogP contribution >= 0.6 is 23.1 Å². The number of thioether (sulfide) groups is 1. The van der Waals surface area contributed by atoms with Crippen LogP contribution in [0, 0.1) is 12.3 Å². The summed E-state index contributed by atoms with van der Waals surface area (Å²) in [5, 5.41) is 2.70. The Bertz CT molecular complexity index is 1830. The third-order valence-corrected chi connectivity index (χ3v) is 10.6. The number of rotatable bonds is 5. The van der Waals surface area contributed by atoms with E-state index in [1.54, 1.807) is 12.1 Å². The van der Waals surface area contributed by atoms with Crippen LogP contribution in [0.4, 0.5) is 5.69 Å². The van der Waals surface area contributed by atoms with Crippen molar-refractivity contribution in [2.45, 2.75) is 63.8 Å². The van der Waals surface area contributed by atoms with Gasteiger partial charge in [-0.2, -0.15) is 4.57 Å². The molecule has 0 spiro atoms. The lowest BCUT2D eigenvalue weighted by Gasteiger charge is -2.31. The van der Waals surface area contributed by atoms with Gasteiger partial charge in [0, 0.05) is 23.6 Å². The van der Waals surface area contributed by atoms with Gasteiger partial charge in [0.1, 0.15) is 21.4 Å². The summed E-state index contributed by atoms with van der Waals surface area (Å²) in [6, 6.07) is 23.3. The summed E-state index contributed by atoms with van der Waals surface area (Å²) in [4.78, 5) is 3.63. The topological polar surface area (TPSA) is 64.3 Å². The van der Waals surface area contributed by atoms with Gasteiger partial charge in [-0.25, -0.2) is 8.42 Å². The molecule has 8 heteroatoms. The fourth-order valence-electron chi connectivity index (χ4n) is 5.69. The molecule has 0 saturated heterocycles. The van der Waals surface area contributed by atoms with Crippen LogP contribution in [0.15, 0.2) is 111 Å². The Morgan fingerprint density at radius 2 is 1.65 bits per heavy atom. The van der Waals surface area contributed by atoms with Crippen LogP contribution in [0.25, 0.3) is 16.3 Å². The van der Waals surface area contributed by atoms with Crippen molar-refractivity contribution in [1.29, 1.82) is 0 Å². The standard InChI is InChI=1S/C28H31N2S2.C7H8O3S/c1-5-29-22-11-7-9-13-24(22)31-26(29)16-20-15-21(19-28(3,4)18-20)17-27-30(6-2)23-12-8-10-14-25(23)32-27;1-6-2-4-7(5-3-6)11(8,9)10/h7-17H,5-6,18-19H2,1-4H3;2-5H,1H3,(H,8,9,10)/q+1;/p-1. The second-order valence-corrected chi connectivity index (χ2v) is 15.2. The van der Waals surface area contributed by atoms with E-state index >= 15 is 0 Å². The molecule has 4 aromatic rings. The first kappa shape index (κ1) is 31.3. The second-order valence-electron chi connectivity index (χ2n) is 11.7. The monoisotopic (exact) mass is 630 g/mol. The Morgan fingerprint density at radius 3 is 2.35 bits per heavy atom. The van der Waals surface area contributed by atoms with Gasteiger partial charge in [0.2, 0.25) is 5.52 Å². The van der Waals surface area contributed by atoms with Gasteiger partial charge in [0.25, 0.3) is 5.01 Å². The summed E-state index contributed by atoms with van der Waals surface area (Å²) in [6.07, 6.45) is 9.54. The third kappa shape index (κ3) is 7.32. The van der Waals surface area contributed by atoms with E-state index in [0.717, 1.165) is 31.5 Å². The van der Waals surface area contributed by atoms with E-state index in [0.29, 0.717) is 0 Å². The van der Waals surface area contributed by atoms with E-state index in [-0.39, 0.29) is 10.3 Å².